The Hall–Kier alpha value is -3.13. The van der Waals surface area contributed by atoms with Crippen molar-refractivity contribution in [2.45, 2.75) is 31.9 Å². The number of hydrogen-bond acceptors (Lipinski definition) is 5. The fourth-order valence-corrected chi connectivity index (χ4v) is 3.91. The van der Waals surface area contributed by atoms with Crippen LogP contribution in [0.4, 0.5) is 4.39 Å². The van der Waals surface area contributed by atoms with Crippen LogP contribution in [0.2, 0.25) is 5.02 Å². The fraction of sp³-hybridized carbons (Fsp3) is 0.269. The summed E-state index contributed by atoms with van der Waals surface area (Å²) in [6.45, 7) is 2.57. The first-order valence-electron chi connectivity index (χ1n) is 11.0. The molecule has 34 heavy (non-hydrogen) atoms. The molecule has 180 valence electrons. The van der Waals surface area contributed by atoms with Crippen LogP contribution < -0.4 is 10.6 Å². The number of benzene rings is 3. The molecule has 1 amide bonds. The molecular formula is C26H28ClFN2O4. The number of aromatic hydroxyl groups is 2. The second-order valence-electron chi connectivity index (χ2n) is 8.25. The molecule has 0 fully saturated rings. The highest BCUT2D eigenvalue weighted by molar-refractivity contribution is 6.31. The molecule has 3 aromatic rings. The van der Waals surface area contributed by atoms with Gasteiger partial charge in [-0.3, -0.25) is 4.79 Å². The van der Waals surface area contributed by atoms with Gasteiger partial charge in [-0.05, 0) is 72.9 Å². The van der Waals surface area contributed by atoms with Crippen LogP contribution in [-0.2, 0) is 12.8 Å². The fourth-order valence-electron chi connectivity index (χ4n) is 3.64. The van der Waals surface area contributed by atoms with Gasteiger partial charge in [-0.15, -0.1) is 0 Å². The number of nitrogens with one attached hydrogen (secondary N) is 2. The van der Waals surface area contributed by atoms with Crippen molar-refractivity contribution in [1.29, 1.82) is 0 Å². The summed E-state index contributed by atoms with van der Waals surface area (Å²) in [5.74, 6) is -0.831. The van der Waals surface area contributed by atoms with E-state index >= 15 is 0 Å². The quantitative estimate of drug-likeness (QED) is 0.297. The Morgan fingerprint density at radius 1 is 1.06 bits per heavy atom. The molecule has 0 heterocycles. The van der Waals surface area contributed by atoms with Crippen molar-refractivity contribution < 1.29 is 24.5 Å². The van der Waals surface area contributed by atoms with E-state index in [9.17, 15) is 24.5 Å². The minimum absolute atomic E-state index is 0.000477. The third-order valence-electron chi connectivity index (χ3n) is 5.40. The SMILES string of the molecule is CC(Cc1cccc(C(=O)NCCc2ccc(F)cc2Cl)c1)NCC(O)c1cc(O)cc(O)c1. The Bertz CT molecular complexity index is 1120. The molecule has 2 atom stereocenters. The average molecular weight is 487 g/mol. The van der Waals surface area contributed by atoms with E-state index in [0.717, 1.165) is 11.1 Å². The van der Waals surface area contributed by atoms with Crippen LogP contribution in [-0.4, -0.2) is 40.4 Å². The smallest absolute Gasteiger partial charge is 0.251 e. The number of carbonyl (C=O) groups is 1. The van der Waals surface area contributed by atoms with E-state index in [1.807, 2.05) is 25.1 Å². The maximum absolute atomic E-state index is 13.2. The highest BCUT2D eigenvalue weighted by Crippen LogP contribution is 2.24. The summed E-state index contributed by atoms with van der Waals surface area (Å²) in [6.07, 6.45) is 0.224. The van der Waals surface area contributed by atoms with Crippen LogP contribution in [0.3, 0.4) is 0 Å². The third-order valence-corrected chi connectivity index (χ3v) is 5.75. The standard InChI is InChI=1S/C26H28ClFN2O4/c1-16(30-15-25(33)20-11-22(31)14-23(32)12-20)9-17-3-2-4-19(10-17)26(34)29-8-7-18-5-6-21(28)13-24(18)27/h2-6,10-14,16,25,30-33H,7-9,15H2,1H3,(H,29,34). The molecule has 0 aromatic heterocycles. The molecule has 0 spiro atoms. The molecule has 8 heteroatoms. The maximum atomic E-state index is 13.2. The van der Waals surface area contributed by atoms with E-state index in [1.54, 1.807) is 12.1 Å². The van der Waals surface area contributed by atoms with Crippen LogP contribution >= 0.6 is 11.6 Å². The molecule has 0 aliphatic carbocycles. The molecule has 6 nitrogen and oxygen atoms in total. The van der Waals surface area contributed by atoms with E-state index in [-0.39, 0.29) is 30.0 Å². The predicted octanol–water partition coefficient (Wildman–Crippen LogP) is 4.12. The Balaban J connectivity index is 1.49. The number of carbonyl (C=O) groups excluding carboxylic acids is 1. The van der Waals surface area contributed by atoms with E-state index in [2.05, 4.69) is 10.6 Å². The van der Waals surface area contributed by atoms with Crippen molar-refractivity contribution in [3.05, 3.63) is 93.8 Å². The van der Waals surface area contributed by atoms with Gasteiger partial charge < -0.3 is 26.0 Å². The van der Waals surface area contributed by atoms with Crippen LogP contribution in [0.5, 0.6) is 11.5 Å². The summed E-state index contributed by atoms with van der Waals surface area (Å²) in [7, 11) is 0. The zero-order chi connectivity index (χ0) is 24.7. The van der Waals surface area contributed by atoms with Gasteiger partial charge in [0.25, 0.3) is 5.91 Å². The summed E-state index contributed by atoms with van der Waals surface area (Å²) in [5, 5.41) is 35.9. The number of aliphatic hydroxyl groups excluding tert-OH is 1. The lowest BCUT2D eigenvalue weighted by molar-refractivity contribution is 0.0954. The molecule has 5 N–H and O–H groups in total. The Labute approximate surface area is 203 Å². The normalized spacial score (nSPS) is 12.8. The number of aliphatic hydroxyl groups is 1. The van der Waals surface area contributed by atoms with Crippen LogP contribution in [0.15, 0.2) is 60.7 Å². The van der Waals surface area contributed by atoms with Gasteiger partial charge >= 0.3 is 0 Å². The van der Waals surface area contributed by atoms with Gasteiger partial charge in [0.05, 0.1) is 6.10 Å². The topological polar surface area (TPSA) is 102 Å². The molecule has 0 saturated heterocycles. The predicted molar refractivity (Wildman–Crippen MR) is 130 cm³/mol. The highest BCUT2D eigenvalue weighted by Gasteiger charge is 2.13. The average Bonchev–Trinajstić information content (AvgIpc) is 2.78. The van der Waals surface area contributed by atoms with Crippen molar-refractivity contribution in [2.75, 3.05) is 13.1 Å². The number of halogens is 2. The van der Waals surface area contributed by atoms with Crippen molar-refractivity contribution in [2.24, 2.45) is 0 Å². The van der Waals surface area contributed by atoms with Gasteiger partial charge in [0.15, 0.2) is 0 Å². The Morgan fingerprint density at radius 2 is 1.79 bits per heavy atom. The molecule has 3 rings (SSSR count). The summed E-state index contributed by atoms with van der Waals surface area (Å²) in [5.41, 5.74) is 2.67. The first kappa shape index (κ1) is 25.5. The van der Waals surface area contributed by atoms with Gasteiger partial charge in [0.1, 0.15) is 17.3 Å². The first-order valence-corrected chi connectivity index (χ1v) is 11.3. The zero-order valence-corrected chi connectivity index (χ0v) is 19.5. The number of rotatable bonds is 10. The number of hydrogen-bond donors (Lipinski definition) is 5. The molecular weight excluding hydrogens is 459 g/mol. The molecule has 0 bridgehead atoms. The third kappa shape index (κ3) is 7.45. The summed E-state index contributed by atoms with van der Waals surface area (Å²) >= 11 is 6.03. The summed E-state index contributed by atoms with van der Waals surface area (Å²) in [4.78, 5) is 12.5. The van der Waals surface area contributed by atoms with Crippen LogP contribution in [0.25, 0.3) is 0 Å². The van der Waals surface area contributed by atoms with E-state index in [0.29, 0.717) is 35.5 Å². The van der Waals surface area contributed by atoms with E-state index < -0.39 is 11.9 Å². The van der Waals surface area contributed by atoms with Crippen LogP contribution in [0.1, 0.15) is 40.1 Å². The minimum Gasteiger partial charge on any atom is -0.508 e. The molecule has 0 saturated carbocycles. The number of phenolic OH excluding ortho intramolecular Hbond substituents is 2. The lowest BCUT2D eigenvalue weighted by Crippen LogP contribution is -2.32. The second kappa shape index (κ2) is 11.8. The monoisotopic (exact) mass is 486 g/mol. The number of phenols is 2. The molecule has 0 aliphatic heterocycles. The van der Waals surface area contributed by atoms with Gasteiger partial charge in [-0.1, -0.05) is 29.8 Å². The lowest BCUT2D eigenvalue weighted by atomic mass is 10.0. The Kier molecular flexibility index (Phi) is 8.87. The second-order valence-corrected chi connectivity index (χ2v) is 8.66. The highest BCUT2D eigenvalue weighted by atomic mass is 35.5. The van der Waals surface area contributed by atoms with E-state index in [4.69, 9.17) is 11.6 Å². The van der Waals surface area contributed by atoms with Crippen molar-refractivity contribution >= 4 is 17.5 Å². The summed E-state index contributed by atoms with van der Waals surface area (Å²) < 4.78 is 13.2. The maximum Gasteiger partial charge on any atom is 0.251 e. The zero-order valence-electron chi connectivity index (χ0n) is 18.8. The molecule has 2 unspecified atom stereocenters. The molecule has 3 aromatic carbocycles. The van der Waals surface area contributed by atoms with Crippen molar-refractivity contribution in [3.8, 4) is 11.5 Å². The largest absolute Gasteiger partial charge is 0.508 e. The van der Waals surface area contributed by atoms with Crippen molar-refractivity contribution in [3.63, 3.8) is 0 Å². The van der Waals surface area contributed by atoms with Gasteiger partial charge in [-0.25, -0.2) is 4.39 Å². The lowest BCUT2D eigenvalue weighted by Gasteiger charge is -2.18. The van der Waals surface area contributed by atoms with Crippen molar-refractivity contribution in [1.82, 2.24) is 10.6 Å². The minimum atomic E-state index is -0.896. The van der Waals surface area contributed by atoms with Gasteiger partial charge in [-0.2, -0.15) is 0 Å². The molecule has 0 radical (unpaired) electrons. The van der Waals surface area contributed by atoms with Gasteiger partial charge in [0, 0.05) is 35.8 Å². The molecule has 0 aliphatic rings. The van der Waals surface area contributed by atoms with Crippen LogP contribution in [0, 0.1) is 5.82 Å². The Morgan fingerprint density at radius 3 is 2.50 bits per heavy atom. The van der Waals surface area contributed by atoms with Gasteiger partial charge in [0.2, 0.25) is 0 Å². The first-order chi connectivity index (χ1) is 16.2. The number of amides is 1. The van der Waals surface area contributed by atoms with E-state index in [1.165, 1.54) is 30.3 Å². The summed E-state index contributed by atoms with van der Waals surface area (Å²) in [6, 6.07) is 15.5.